The Kier molecular flexibility index (Phi) is 1.94. The van der Waals surface area contributed by atoms with Gasteiger partial charge in [-0.15, -0.1) is 0 Å². The summed E-state index contributed by atoms with van der Waals surface area (Å²) in [4.78, 5) is 0. The van der Waals surface area contributed by atoms with Crippen LogP contribution in [0.25, 0.3) is 16.5 Å². The third kappa shape index (κ3) is 1.47. The number of benzene rings is 1. The lowest BCUT2D eigenvalue weighted by Crippen LogP contribution is -2.27. The number of nitrogens with zero attached hydrogens (tertiary/aromatic N) is 1. The average Bonchev–Trinajstić information content (AvgIpc) is 2.51. The van der Waals surface area contributed by atoms with E-state index in [9.17, 15) is 0 Å². The Labute approximate surface area is 102 Å². The fourth-order valence-electron chi connectivity index (χ4n) is 2.85. The molecule has 2 nitrogen and oxygen atoms in total. The van der Waals surface area contributed by atoms with E-state index in [1.807, 2.05) is 0 Å². The zero-order valence-corrected chi connectivity index (χ0v) is 10.8. The van der Waals surface area contributed by atoms with Gasteiger partial charge >= 0.3 is 0 Å². The molecule has 0 saturated heterocycles. The minimum absolute atomic E-state index is 0.00293. The van der Waals surface area contributed by atoms with Gasteiger partial charge in [0, 0.05) is 29.9 Å². The van der Waals surface area contributed by atoms with Gasteiger partial charge in [-0.3, -0.25) is 0 Å². The van der Waals surface area contributed by atoms with Crippen LogP contribution in [0, 0.1) is 0 Å². The number of rotatable bonds is 0. The van der Waals surface area contributed by atoms with Gasteiger partial charge in [0.25, 0.3) is 0 Å². The van der Waals surface area contributed by atoms with E-state index in [0.29, 0.717) is 0 Å². The molecular formula is C15H18N2. The highest BCUT2D eigenvalue weighted by Crippen LogP contribution is 2.37. The molecular weight excluding hydrogens is 208 g/mol. The molecule has 2 aromatic rings. The average molecular weight is 226 g/mol. The fraction of sp³-hybridized carbons (Fsp3) is 0.333. The number of hydrogen-bond acceptors (Lipinski definition) is 1. The van der Waals surface area contributed by atoms with Gasteiger partial charge in [0.15, 0.2) is 0 Å². The minimum Gasteiger partial charge on any atom is -0.376 e. The van der Waals surface area contributed by atoms with Crippen molar-refractivity contribution in [1.82, 2.24) is 4.57 Å². The summed E-state index contributed by atoms with van der Waals surface area (Å²) in [6.07, 6.45) is 4.53. The van der Waals surface area contributed by atoms with Gasteiger partial charge in [-0.1, -0.05) is 12.1 Å². The third-order valence-corrected chi connectivity index (χ3v) is 3.47. The van der Waals surface area contributed by atoms with Crippen molar-refractivity contribution in [3.8, 4) is 0 Å². The summed E-state index contributed by atoms with van der Waals surface area (Å²) in [7, 11) is 2.11. The fourth-order valence-corrected chi connectivity index (χ4v) is 2.85. The van der Waals surface area contributed by atoms with Crippen LogP contribution in [0.4, 0.5) is 5.69 Å². The summed E-state index contributed by atoms with van der Waals surface area (Å²) in [5.41, 5.74) is 5.21. The van der Waals surface area contributed by atoms with E-state index in [-0.39, 0.29) is 5.54 Å². The van der Waals surface area contributed by atoms with E-state index in [0.717, 1.165) is 0 Å². The first-order valence-corrected chi connectivity index (χ1v) is 6.04. The SMILES string of the molecule is CC1=CC(C)(C)Nc2cccc3c2c1cn3C. The molecule has 88 valence electrons. The summed E-state index contributed by atoms with van der Waals surface area (Å²) in [5.74, 6) is 0. The second-order valence-electron chi connectivity index (χ2n) is 5.53. The Morgan fingerprint density at radius 1 is 1.24 bits per heavy atom. The van der Waals surface area contributed by atoms with E-state index in [1.165, 1.54) is 27.7 Å². The first-order valence-electron chi connectivity index (χ1n) is 6.04. The van der Waals surface area contributed by atoms with Crippen molar-refractivity contribution in [2.45, 2.75) is 26.3 Å². The Bertz CT molecular complexity index is 630. The van der Waals surface area contributed by atoms with Crippen molar-refractivity contribution in [3.05, 3.63) is 36.0 Å². The molecule has 0 spiro atoms. The molecule has 1 N–H and O–H groups in total. The molecule has 2 heteroatoms. The number of allylic oxidation sites excluding steroid dienone is 1. The number of nitrogens with one attached hydrogen (secondary N) is 1. The summed E-state index contributed by atoms with van der Waals surface area (Å²) in [6, 6.07) is 6.46. The first-order chi connectivity index (χ1) is 7.98. The number of aromatic nitrogens is 1. The summed E-state index contributed by atoms with van der Waals surface area (Å²) >= 11 is 0. The maximum Gasteiger partial charge on any atom is 0.0505 e. The molecule has 0 aliphatic carbocycles. The molecule has 0 radical (unpaired) electrons. The molecule has 0 bridgehead atoms. The molecule has 2 heterocycles. The van der Waals surface area contributed by atoms with E-state index in [1.54, 1.807) is 0 Å². The van der Waals surface area contributed by atoms with E-state index in [2.05, 4.69) is 68.2 Å². The maximum atomic E-state index is 3.62. The van der Waals surface area contributed by atoms with Gasteiger partial charge in [0.05, 0.1) is 11.1 Å². The number of aryl methyl sites for hydroxylation is 1. The lowest BCUT2D eigenvalue weighted by Gasteiger charge is -2.23. The molecule has 0 unspecified atom stereocenters. The number of anilines is 1. The highest BCUT2D eigenvalue weighted by molar-refractivity contribution is 6.02. The van der Waals surface area contributed by atoms with Crippen LogP contribution in [0.5, 0.6) is 0 Å². The topological polar surface area (TPSA) is 17.0 Å². The van der Waals surface area contributed by atoms with Crippen LogP contribution in [0.2, 0.25) is 0 Å². The molecule has 1 aliphatic heterocycles. The maximum absolute atomic E-state index is 3.62. The van der Waals surface area contributed by atoms with Gasteiger partial charge in [-0.05, 0) is 38.5 Å². The van der Waals surface area contributed by atoms with Crippen molar-refractivity contribution >= 4 is 22.2 Å². The quantitative estimate of drug-likeness (QED) is 0.723. The third-order valence-electron chi connectivity index (χ3n) is 3.47. The molecule has 0 amide bonds. The van der Waals surface area contributed by atoms with Crippen molar-refractivity contribution in [2.75, 3.05) is 5.32 Å². The van der Waals surface area contributed by atoms with Crippen LogP contribution < -0.4 is 5.32 Å². The monoisotopic (exact) mass is 226 g/mol. The molecule has 0 atom stereocenters. The van der Waals surface area contributed by atoms with Crippen molar-refractivity contribution in [2.24, 2.45) is 7.05 Å². The summed E-state index contributed by atoms with van der Waals surface area (Å²) < 4.78 is 2.20. The van der Waals surface area contributed by atoms with E-state index < -0.39 is 0 Å². The van der Waals surface area contributed by atoms with Gasteiger partial charge in [-0.2, -0.15) is 0 Å². The van der Waals surface area contributed by atoms with Crippen LogP contribution >= 0.6 is 0 Å². The summed E-state index contributed by atoms with van der Waals surface area (Å²) in [6.45, 7) is 6.61. The molecule has 17 heavy (non-hydrogen) atoms. The van der Waals surface area contributed by atoms with Gasteiger partial charge < -0.3 is 9.88 Å². The Hall–Kier alpha value is -1.70. The van der Waals surface area contributed by atoms with Crippen LogP contribution in [-0.2, 0) is 7.05 Å². The normalized spacial score (nSPS) is 17.5. The van der Waals surface area contributed by atoms with Gasteiger partial charge in [0.1, 0.15) is 0 Å². The van der Waals surface area contributed by atoms with Gasteiger partial charge in [-0.25, -0.2) is 0 Å². The molecule has 1 aliphatic rings. The standard InChI is InChI=1S/C15H18N2/c1-10-8-15(2,3)16-12-6-5-7-13-14(12)11(10)9-17(13)4/h5-9,16H,1-4H3. The highest BCUT2D eigenvalue weighted by atomic mass is 15.0. The Morgan fingerprint density at radius 2 is 2.00 bits per heavy atom. The van der Waals surface area contributed by atoms with Crippen molar-refractivity contribution in [1.29, 1.82) is 0 Å². The molecule has 1 aromatic heterocycles. The highest BCUT2D eigenvalue weighted by Gasteiger charge is 2.22. The first kappa shape index (κ1) is 10.5. The van der Waals surface area contributed by atoms with Crippen LogP contribution in [0.1, 0.15) is 26.3 Å². The van der Waals surface area contributed by atoms with E-state index >= 15 is 0 Å². The number of hydrogen-bond donors (Lipinski definition) is 1. The zero-order valence-electron chi connectivity index (χ0n) is 10.8. The zero-order chi connectivity index (χ0) is 12.2. The predicted octanol–water partition coefficient (Wildman–Crippen LogP) is 3.79. The van der Waals surface area contributed by atoms with Gasteiger partial charge in [0.2, 0.25) is 0 Å². The van der Waals surface area contributed by atoms with Crippen molar-refractivity contribution < 1.29 is 0 Å². The van der Waals surface area contributed by atoms with E-state index in [4.69, 9.17) is 0 Å². The second kappa shape index (κ2) is 3.16. The van der Waals surface area contributed by atoms with Crippen LogP contribution in [-0.4, -0.2) is 10.1 Å². The van der Waals surface area contributed by atoms with Crippen LogP contribution in [0.15, 0.2) is 30.5 Å². The Balaban J connectivity index is 2.43. The lowest BCUT2D eigenvalue weighted by atomic mass is 10.0. The lowest BCUT2D eigenvalue weighted by molar-refractivity contribution is 0.716. The van der Waals surface area contributed by atoms with Crippen molar-refractivity contribution in [3.63, 3.8) is 0 Å². The molecule has 0 saturated carbocycles. The largest absolute Gasteiger partial charge is 0.376 e. The smallest absolute Gasteiger partial charge is 0.0505 e. The molecule has 1 aromatic carbocycles. The summed E-state index contributed by atoms with van der Waals surface area (Å²) in [5, 5.41) is 4.96. The molecule has 0 fully saturated rings. The second-order valence-corrected chi connectivity index (χ2v) is 5.53. The Morgan fingerprint density at radius 3 is 2.76 bits per heavy atom. The van der Waals surface area contributed by atoms with Crippen LogP contribution in [0.3, 0.4) is 0 Å². The molecule has 3 rings (SSSR count). The predicted molar refractivity (Wildman–Crippen MR) is 74.3 cm³/mol. The minimum atomic E-state index is 0.00293.